The van der Waals surface area contributed by atoms with Crippen LogP contribution >= 0.6 is 0 Å². The van der Waals surface area contributed by atoms with E-state index >= 15 is 0 Å². The number of hydrogen-bond acceptors (Lipinski definition) is 2. The van der Waals surface area contributed by atoms with E-state index in [1.807, 2.05) is 20.8 Å². The first-order valence-corrected chi connectivity index (χ1v) is 15.3. The lowest BCUT2D eigenvalue weighted by Crippen LogP contribution is -2.03. The molecule has 0 radical (unpaired) electrons. The lowest BCUT2D eigenvalue weighted by molar-refractivity contribution is 0.119. The zero-order chi connectivity index (χ0) is 30.3. The van der Waals surface area contributed by atoms with E-state index in [0.717, 1.165) is 57.1 Å². The van der Waals surface area contributed by atoms with Crippen LogP contribution in [0.5, 0.6) is 0 Å². The SMILES string of the molecule is C/C=C(F)\C=C(/CC)CCCCc1cc(C2=CCC=C2)ccc1C(C)OC.C=C(C)/C=C\C(C)CCCN.CC. The Morgan fingerprint density at radius 1 is 1.18 bits per heavy atom. The topological polar surface area (TPSA) is 35.2 Å². The van der Waals surface area contributed by atoms with E-state index in [9.17, 15) is 4.39 Å². The van der Waals surface area contributed by atoms with Gasteiger partial charge in [0.2, 0.25) is 0 Å². The summed E-state index contributed by atoms with van der Waals surface area (Å²) in [6.45, 7) is 18.7. The molecule has 40 heavy (non-hydrogen) atoms. The molecule has 0 aliphatic heterocycles. The fraction of sp³-hybridized carbons (Fsp3) is 0.514. The average molecular weight is 552 g/mol. The Bertz CT molecular complexity index is 995. The van der Waals surface area contributed by atoms with Crippen molar-refractivity contribution in [3.8, 4) is 0 Å². The maximum atomic E-state index is 13.5. The predicted octanol–water partition coefficient (Wildman–Crippen LogP) is 11.2. The lowest BCUT2D eigenvalue weighted by atomic mass is 9.93. The summed E-state index contributed by atoms with van der Waals surface area (Å²) in [6.07, 6.45) is 22.6. The molecule has 0 bridgehead atoms. The molecule has 1 aliphatic carbocycles. The van der Waals surface area contributed by atoms with Crippen molar-refractivity contribution in [3.63, 3.8) is 0 Å². The van der Waals surface area contributed by atoms with E-state index in [1.54, 1.807) is 20.1 Å². The highest BCUT2D eigenvalue weighted by atomic mass is 19.1. The van der Waals surface area contributed by atoms with Crippen LogP contribution in [-0.2, 0) is 11.2 Å². The second-order valence-corrected chi connectivity index (χ2v) is 10.2. The van der Waals surface area contributed by atoms with Crippen molar-refractivity contribution in [2.24, 2.45) is 11.7 Å². The molecule has 2 nitrogen and oxygen atoms in total. The van der Waals surface area contributed by atoms with Crippen LogP contribution in [0.1, 0.15) is 116 Å². The number of benzene rings is 1. The van der Waals surface area contributed by atoms with Gasteiger partial charge in [-0.3, -0.25) is 0 Å². The summed E-state index contributed by atoms with van der Waals surface area (Å²) in [5.74, 6) is 0.504. The second-order valence-electron chi connectivity index (χ2n) is 10.2. The minimum Gasteiger partial charge on any atom is -0.377 e. The number of unbranched alkanes of at least 4 members (excludes halogenated alkanes) is 1. The van der Waals surface area contributed by atoms with Crippen LogP contribution in [0.4, 0.5) is 4.39 Å². The van der Waals surface area contributed by atoms with Gasteiger partial charge in [-0.1, -0.05) is 100 Å². The largest absolute Gasteiger partial charge is 0.377 e. The summed E-state index contributed by atoms with van der Waals surface area (Å²) in [6, 6.07) is 6.74. The summed E-state index contributed by atoms with van der Waals surface area (Å²) in [5.41, 5.74) is 12.9. The molecule has 0 spiro atoms. The highest BCUT2D eigenvalue weighted by Gasteiger charge is 2.12. The molecule has 2 N–H and O–H groups in total. The Morgan fingerprint density at radius 3 is 2.45 bits per heavy atom. The van der Waals surface area contributed by atoms with E-state index in [-0.39, 0.29) is 11.9 Å². The van der Waals surface area contributed by atoms with Gasteiger partial charge in [-0.05, 0) is 113 Å². The maximum Gasteiger partial charge on any atom is 0.118 e. The number of aryl methyl sites for hydroxylation is 1. The van der Waals surface area contributed by atoms with Crippen LogP contribution in [-0.4, -0.2) is 13.7 Å². The van der Waals surface area contributed by atoms with Gasteiger partial charge in [-0.25, -0.2) is 4.39 Å². The number of methoxy groups -OCH3 is 1. The van der Waals surface area contributed by atoms with Gasteiger partial charge in [0.05, 0.1) is 6.10 Å². The van der Waals surface area contributed by atoms with E-state index < -0.39 is 0 Å². The third-order valence-corrected chi connectivity index (χ3v) is 6.88. The summed E-state index contributed by atoms with van der Waals surface area (Å²) in [5, 5.41) is 0. The van der Waals surface area contributed by atoms with Gasteiger partial charge in [0, 0.05) is 7.11 Å². The molecule has 0 saturated heterocycles. The summed E-state index contributed by atoms with van der Waals surface area (Å²) in [4.78, 5) is 0. The minimum absolute atomic E-state index is 0.0945. The molecule has 3 heteroatoms. The molecule has 0 heterocycles. The average Bonchev–Trinajstić information content (AvgIpc) is 3.52. The second kappa shape index (κ2) is 23.2. The smallest absolute Gasteiger partial charge is 0.118 e. The number of nitrogens with two attached hydrogens (primary N) is 1. The van der Waals surface area contributed by atoms with Crippen molar-refractivity contribution in [3.05, 3.63) is 101 Å². The molecule has 0 saturated carbocycles. The molecule has 1 aromatic rings. The third-order valence-electron chi connectivity index (χ3n) is 6.88. The van der Waals surface area contributed by atoms with Crippen molar-refractivity contribution in [1.82, 2.24) is 0 Å². The molecule has 0 amide bonds. The van der Waals surface area contributed by atoms with E-state index in [1.165, 1.54) is 40.3 Å². The van der Waals surface area contributed by atoms with Gasteiger partial charge in [0.25, 0.3) is 0 Å². The number of hydrogen-bond donors (Lipinski definition) is 1. The molecule has 2 atom stereocenters. The normalized spacial score (nSPS) is 14.7. The van der Waals surface area contributed by atoms with Crippen molar-refractivity contribution < 1.29 is 9.13 Å². The molecule has 1 aromatic carbocycles. The number of ether oxygens (including phenoxy) is 1. The van der Waals surface area contributed by atoms with E-state index in [4.69, 9.17) is 10.5 Å². The zero-order valence-corrected chi connectivity index (χ0v) is 26.9. The number of rotatable bonds is 15. The predicted molar refractivity (Wildman–Crippen MR) is 177 cm³/mol. The summed E-state index contributed by atoms with van der Waals surface area (Å²) in [7, 11) is 1.76. The van der Waals surface area contributed by atoms with Crippen LogP contribution < -0.4 is 5.73 Å². The first-order valence-electron chi connectivity index (χ1n) is 15.3. The highest BCUT2D eigenvalue weighted by Crippen LogP contribution is 2.29. The first-order chi connectivity index (χ1) is 19.2. The molecular formula is C37H58FNO. The molecule has 2 unspecified atom stereocenters. The minimum atomic E-state index is -0.131. The van der Waals surface area contributed by atoms with Gasteiger partial charge in [-0.2, -0.15) is 0 Å². The first kappa shape index (κ1) is 37.5. The van der Waals surface area contributed by atoms with Crippen LogP contribution in [0.2, 0.25) is 0 Å². The van der Waals surface area contributed by atoms with E-state index in [2.05, 4.69) is 75.9 Å². The van der Waals surface area contributed by atoms with Crippen molar-refractivity contribution in [1.29, 1.82) is 0 Å². The lowest BCUT2D eigenvalue weighted by Gasteiger charge is -2.17. The van der Waals surface area contributed by atoms with Crippen LogP contribution in [0.3, 0.4) is 0 Å². The van der Waals surface area contributed by atoms with Gasteiger partial charge in [-0.15, -0.1) is 0 Å². The Morgan fingerprint density at radius 2 is 1.90 bits per heavy atom. The maximum absolute atomic E-state index is 13.5. The highest BCUT2D eigenvalue weighted by molar-refractivity contribution is 5.76. The fourth-order valence-corrected chi connectivity index (χ4v) is 4.36. The van der Waals surface area contributed by atoms with Crippen LogP contribution in [0.25, 0.3) is 5.57 Å². The quantitative estimate of drug-likeness (QED) is 0.174. The fourth-order valence-electron chi connectivity index (χ4n) is 4.36. The Labute approximate surface area is 246 Å². The van der Waals surface area contributed by atoms with Gasteiger partial charge >= 0.3 is 0 Å². The van der Waals surface area contributed by atoms with Crippen molar-refractivity contribution in [2.45, 2.75) is 106 Å². The van der Waals surface area contributed by atoms with Crippen molar-refractivity contribution in [2.75, 3.05) is 13.7 Å². The molecule has 0 aromatic heterocycles. The molecule has 2 rings (SSSR count). The van der Waals surface area contributed by atoms with Crippen molar-refractivity contribution >= 4 is 5.57 Å². The Balaban J connectivity index is 0.000000985. The molecule has 1 aliphatic rings. The third kappa shape index (κ3) is 15.9. The zero-order valence-electron chi connectivity index (χ0n) is 26.9. The van der Waals surface area contributed by atoms with Crippen LogP contribution in [0, 0.1) is 5.92 Å². The Kier molecular flexibility index (Phi) is 21.8. The Hall–Kier alpha value is -2.49. The van der Waals surface area contributed by atoms with Crippen LogP contribution in [0.15, 0.2) is 84.3 Å². The molecule has 224 valence electrons. The number of halogens is 1. The van der Waals surface area contributed by atoms with E-state index in [0.29, 0.717) is 5.92 Å². The van der Waals surface area contributed by atoms with Gasteiger partial charge in [0.1, 0.15) is 5.83 Å². The van der Waals surface area contributed by atoms with Gasteiger partial charge < -0.3 is 10.5 Å². The summed E-state index contributed by atoms with van der Waals surface area (Å²) < 4.78 is 19.1. The molecular weight excluding hydrogens is 493 g/mol. The number of allylic oxidation sites excluding steroid dienone is 11. The monoisotopic (exact) mass is 551 g/mol. The van der Waals surface area contributed by atoms with Gasteiger partial charge in [0.15, 0.2) is 0 Å². The standard InChI is InChI=1S/C25H33FO.C10H19N.C2H6/c1-5-20(17-24(26)6-2)11-7-8-14-23-18-22(21-12-9-10-13-21)15-16-25(23)19(3)27-4;1-9(2)6-7-10(3)5-4-8-11;1-2/h6,9,12-13,15-19H,5,7-8,10-11,14H2,1-4H3;6-7,10H,1,4-5,8,11H2,2-3H3;1-2H3/b20-17+,24-6+;7-6-;. The summed E-state index contributed by atoms with van der Waals surface area (Å²) >= 11 is 0. The molecule has 0 fully saturated rings.